The van der Waals surface area contributed by atoms with Crippen molar-refractivity contribution in [1.29, 1.82) is 0 Å². The Morgan fingerprint density at radius 2 is 1.80 bits per heavy atom. The van der Waals surface area contributed by atoms with Gasteiger partial charge in [0.25, 0.3) is 0 Å². The minimum absolute atomic E-state index is 0.146. The van der Waals surface area contributed by atoms with E-state index in [-0.39, 0.29) is 11.2 Å². The van der Waals surface area contributed by atoms with Crippen molar-refractivity contribution in [1.82, 2.24) is 0 Å². The zero-order valence-electron chi connectivity index (χ0n) is 20.5. The molecule has 0 spiro atoms. The van der Waals surface area contributed by atoms with Crippen LogP contribution < -0.4 is 0 Å². The van der Waals surface area contributed by atoms with E-state index in [1.165, 1.54) is 56.9 Å². The molecular formula is C29H46O. The van der Waals surface area contributed by atoms with Crippen molar-refractivity contribution in [2.75, 3.05) is 0 Å². The molecule has 0 aromatic rings. The Morgan fingerprint density at radius 1 is 1.03 bits per heavy atom. The van der Waals surface area contributed by atoms with Crippen LogP contribution in [0.25, 0.3) is 0 Å². The number of ketones is 1. The molecule has 1 heteroatoms. The van der Waals surface area contributed by atoms with Crippen LogP contribution in [0.15, 0.2) is 23.8 Å². The second kappa shape index (κ2) is 8.25. The van der Waals surface area contributed by atoms with E-state index in [1.807, 2.05) is 12.2 Å². The van der Waals surface area contributed by atoms with Crippen molar-refractivity contribution >= 4 is 5.78 Å². The summed E-state index contributed by atoms with van der Waals surface area (Å²) >= 11 is 0. The van der Waals surface area contributed by atoms with Crippen molar-refractivity contribution in [2.24, 2.45) is 52.3 Å². The standard InChI is InChI=1S/C29H46O/c1-7-21(19(2)3)9-8-20(4)25-12-13-26-24-11-10-22-18-23(30)14-16-28(22,5)27(24)15-17-29(25,26)6/h14,16,18-21,24-27H,7-13,15,17H2,1-6H3/t20-,21-,24+,25-,26+,27+,28+,29-/m1/s1. The molecule has 0 amide bonds. The highest BCUT2D eigenvalue weighted by atomic mass is 16.1. The fraction of sp³-hybridized carbons (Fsp3) is 0.828. The number of rotatable bonds is 6. The molecule has 168 valence electrons. The van der Waals surface area contributed by atoms with Crippen LogP contribution in [0.3, 0.4) is 0 Å². The highest BCUT2D eigenvalue weighted by Crippen LogP contribution is 2.67. The molecule has 0 aliphatic heterocycles. The smallest absolute Gasteiger partial charge is 0.178 e. The zero-order valence-corrected chi connectivity index (χ0v) is 20.5. The van der Waals surface area contributed by atoms with Crippen LogP contribution in [0, 0.1) is 52.3 Å². The van der Waals surface area contributed by atoms with Crippen LogP contribution in [-0.4, -0.2) is 5.78 Å². The van der Waals surface area contributed by atoms with Crippen LogP contribution in [0.4, 0.5) is 0 Å². The van der Waals surface area contributed by atoms with Gasteiger partial charge in [0, 0.05) is 5.41 Å². The third-order valence-electron chi connectivity index (χ3n) is 10.8. The quantitative estimate of drug-likeness (QED) is 0.433. The second-order valence-electron chi connectivity index (χ2n) is 12.3. The maximum absolute atomic E-state index is 12.0. The van der Waals surface area contributed by atoms with Crippen LogP contribution >= 0.6 is 0 Å². The van der Waals surface area contributed by atoms with E-state index < -0.39 is 0 Å². The predicted molar refractivity (Wildman–Crippen MR) is 127 cm³/mol. The number of fused-ring (bicyclic) bond motifs is 5. The van der Waals surface area contributed by atoms with E-state index in [9.17, 15) is 4.79 Å². The topological polar surface area (TPSA) is 17.1 Å². The summed E-state index contributed by atoms with van der Waals surface area (Å²) in [6.45, 7) is 14.9. The Hall–Kier alpha value is -0.850. The Kier molecular flexibility index (Phi) is 6.15. The van der Waals surface area contributed by atoms with Gasteiger partial charge in [-0.1, -0.05) is 66.0 Å². The third kappa shape index (κ3) is 3.57. The largest absolute Gasteiger partial charge is 0.290 e. The minimum atomic E-state index is 0.146. The van der Waals surface area contributed by atoms with Gasteiger partial charge in [0.05, 0.1) is 0 Å². The first-order valence-electron chi connectivity index (χ1n) is 13.1. The summed E-state index contributed by atoms with van der Waals surface area (Å²) in [5, 5.41) is 0. The average molecular weight is 411 g/mol. The second-order valence-corrected chi connectivity index (χ2v) is 12.3. The lowest BCUT2D eigenvalue weighted by Crippen LogP contribution is -2.50. The van der Waals surface area contributed by atoms with Crippen molar-refractivity contribution in [3.63, 3.8) is 0 Å². The Labute approximate surface area is 186 Å². The molecule has 8 atom stereocenters. The molecule has 0 bridgehead atoms. The van der Waals surface area contributed by atoms with Crippen LogP contribution in [-0.2, 0) is 4.79 Å². The van der Waals surface area contributed by atoms with E-state index >= 15 is 0 Å². The number of hydrogen-bond donors (Lipinski definition) is 0. The van der Waals surface area contributed by atoms with Crippen molar-refractivity contribution in [3.05, 3.63) is 23.8 Å². The Morgan fingerprint density at radius 3 is 2.50 bits per heavy atom. The van der Waals surface area contributed by atoms with E-state index in [0.29, 0.717) is 5.41 Å². The maximum atomic E-state index is 12.0. The van der Waals surface area contributed by atoms with Gasteiger partial charge < -0.3 is 0 Å². The first-order chi connectivity index (χ1) is 14.2. The molecule has 0 aromatic heterocycles. The van der Waals surface area contributed by atoms with Gasteiger partial charge >= 0.3 is 0 Å². The van der Waals surface area contributed by atoms with Gasteiger partial charge in [-0.05, 0) is 104 Å². The fourth-order valence-electron chi connectivity index (χ4n) is 8.86. The molecular weight excluding hydrogens is 364 g/mol. The number of carbonyl (C=O) groups excluding carboxylic acids is 1. The van der Waals surface area contributed by atoms with Gasteiger partial charge in [0.15, 0.2) is 5.78 Å². The zero-order chi connectivity index (χ0) is 21.7. The highest BCUT2D eigenvalue weighted by molar-refractivity contribution is 6.01. The lowest BCUT2D eigenvalue weighted by atomic mass is 9.47. The third-order valence-corrected chi connectivity index (χ3v) is 10.8. The molecule has 4 aliphatic carbocycles. The summed E-state index contributed by atoms with van der Waals surface area (Å²) in [7, 11) is 0. The molecule has 30 heavy (non-hydrogen) atoms. The Balaban J connectivity index is 1.48. The number of carbonyl (C=O) groups is 1. The first kappa shape index (κ1) is 22.3. The van der Waals surface area contributed by atoms with Gasteiger partial charge in [0.1, 0.15) is 0 Å². The van der Waals surface area contributed by atoms with Gasteiger partial charge in [-0.15, -0.1) is 0 Å². The molecule has 0 saturated heterocycles. The Bertz CT molecular complexity index is 714. The molecule has 0 heterocycles. The fourth-order valence-corrected chi connectivity index (χ4v) is 8.86. The van der Waals surface area contributed by atoms with Crippen LogP contribution in [0.2, 0.25) is 0 Å². The van der Waals surface area contributed by atoms with Gasteiger partial charge in [-0.3, -0.25) is 4.79 Å². The summed E-state index contributed by atoms with van der Waals surface area (Å²) in [5.74, 6) is 6.23. The molecule has 4 aliphatic rings. The number of allylic oxidation sites excluding steroid dienone is 4. The summed E-state index contributed by atoms with van der Waals surface area (Å²) in [5.41, 5.74) is 2.13. The molecule has 4 rings (SSSR count). The summed E-state index contributed by atoms with van der Waals surface area (Å²) in [6, 6.07) is 0. The van der Waals surface area contributed by atoms with Crippen molar-refractivity contribution in [2.45, 2.75) is 99.3 Å². The van der Waals surface area contributed by atoms with Gasteiger partial charge in [0.2, 0.25) is 0 Å². The molecule has 0 aromatic carbocycles. The summed E-state index contributed by atoms with van der Waals surface area (Å²) in [4.78, 5) is 12.0. The lowest BCUT2D eigenvalue weighted by molar-refractivity contribution is -0.111. The maximum Gasteiger partial charge on any atom is 0.178 e. The van der Waals surface area contributed by atoms with E-state index in [2.05, 4.69) is 47.6 Å². The van der Waals surface area contributed by atoms with E-state index in [0.717, 1.165) is 47.8 Å². The van der Waals surface area contributed by atoms with Crippen molar-refractivity contribution in [3.8, 4) is 0 Å². The summed E-state index contributed by atoms with van der Waals surface area (Å²) < 4.78 is 0. The van der Waals surface area contributed by atoms with E-state index in [1.54, 1.807) is 0 Å². The minimum Gasteiger partial charge on any atom is -0.290 e. The van der Waals surface area contributed by atoms with Crippen molar-refractivity contribution < 1.29 is 4.79 Å². The lowest BCUT2D eigenvalue weighted by Gasteiger charge is -2.57. The van der Waals surface area contributed by atoms with E-state index in [4.69, 9.17) is 0 Å². The monoisotopic (exact) mass is 410 g/mol. The molecule has 0 N–H and O–H groups in total. The van der Waals surface area contributed by atoms with Crippen LogP contribution in [0.1, 0.15) is 99.3 Å². The van der Waals surface area contributed by atoms with Crippen LogP contribution in [0.5, 0.6) is 0 Å². The molecule has 0 radical (unpaired) electrons. The van der Waals surface area contributed by atoms with Gasteiger partial charge in [-0.25, -0.2) is 0 Å². The SMILES string of the molecule is CC[C@H](CC[C@@H](C)[C@H]1CC[C@H]2[C@@H]3CCC4=CC(=O)C=C[C@]4(C)[C@H]3CC[C@]12C)C(C)C. The molecule has 1 nitrogen and oxygen atoms in total. The predicted octanol–water partition coefficient (Wildman–Crippen LogP) is 8.01. The average Bonchev–Trinajstić information content (AvgIpc) is 3.06. The van der Waals surface area contributed by atoms with Gasteiger partial charge in [-0.2, -0.15) is 0 Å². The molecule has 0 unspecified atom stereocenters. The number of hydrogen-bond acceptors (Lipinski definition) is 1. The molecule has 3 fully saturated rings. The highest BCUT2D eigenvalue weighted by Gasteiger charge is 2.58. The summed E-state index contributed by atoms with van der Waals surface area (Å²) in [6.07, 6.45) is 18.4. The normalized spacial score (nSPS) is 42.4. The molecule has 3 saturated carbocycles. The first-order valence-corrected chi connectivity index (χ1v) is 13.1.